The maximum Gasteiger partial charge on any atom is 0.410 e. The van der Waals surface area contributed by atoms with Gasteiger partial charge in [-0.3, -0.25) is 9.69 Å². The molecule has 19 heavy (non-hydrogen) atoms. The lowest BCUT2D eigenvalue weighted by Crippen LogP contribution is -2.63. The van der Waals surface area contributed by atoms with Gasteiger partial charge in [0.05, 0.1) is 6.61 Å². The molecule has 0 N–H and O–H groups in total. The van der Waals surface area contributed by atoms with Crippen molar-refractivity contribution in [2.75, 3.05) is 6.61 Å². The highest BCUT2D eigenvalue weighted by Gasteiger charge is 2.48. The lowest BCUT2D eigenvalue weighted by atomic mass is 9.79. The second-order valence-electron chi connectivity index (χ2n) is 6.67. The third-order valence-electron chi connectivity index (χ3n) is 3.63. The van der Waals surface area contributed by atoms with Crippen molar-refractivity contribution in [3.63, 3.8) is 0 Å². The van der Waals surface area contributed by atoms with Crippen LogP contribution in [0.3, 0.4) is 0 Å². The predicted octanol–water partition coefficient (Wildman–Crippen LogP) is 3.54. The maximum absolute atomic E-state index is 12.3. The fourth-order valence-corrected chi connectivity index (χ4v) is 3.08. The fraction of sp³-hybridized carbons (Fsp3) is 0.867. The minimum atomic E-state index is -0.472. The van der Waals surface area contributed by atoms with Gasteiger partial charge in [0.25, 0.3) is 0 Å². The first-order valence-electron chi connectivity index (χ1n) is 7.19. The van der Waals surface area contributed by atoms with Crippen LogP contribution in [0, 0.1) is 0 Å². The summed E-state index contributed by atoms with van der Waals surface area (Å²) in [6.45, 7) is 10.3. The van der Waals surface area contributed by atoms with Crippen molar-refractivity contribution >= 4 is 11.9 Å². The van der Waals surface area contributed by atoms with Crippen molar-refractivity contribution in [3.8, 4) is 0 Å². The third kappa shape index (κ3) is 3.95. The predicted molar refractivity (Wildman–Crippen MR) is 75.1 cm³/mol. The van der Waals surface area contributed by atoms with Crippen LogP contribution in [0.4, 0.5) is 4.79 Å². The number of unbranched alkanes of at least 4 members (excludes halogenated alkanes) is 2. The molecule has 1 saturated heterocycles. The van der Waals surface area contributed by atoms with Gasteiger partial charge in [-0.2, -0.15) is 0 Å². The van der Waals surface area contributed by atoms with E-state index in [0.717, 1.165) is 19.3 Å². The largest absolute Gasteiger partial charge is 0.449 e. The Morgan fingerprint density at radius 3 is 2.16 bits per heavy atom. The molecule has 0 aliphatic carbocycles. The number of likely N-dealkylation sites (tertiary alicyclic amines) is 1. The van der Waals surface area contributed by atoms with E-state index in [0.29, 0.717) is 19.4 Å². The average Bonchev–Trinajstić information content (AvgIpc) is 2.19. The van der Waals surface area contributed by atoms with E-state index < -0.39 is 11.1 Å². The van der Waals surface area contributed by atoms with E-state index in [9.17, 15) is 9.59 Å². The van der Waals surface area contributed by atoms with Crippen molar-refractivity contribution < 1.29 is 14.3 Å². The molecule has 0 unspecified atom stereocenters. The quantitative estimate of drug-likeness (QED) is 0.733. The smallest absolute Gasteiger partial charge is 0.410 e. The van der Waals surface area contributed by atoms with E-state index in [1.54, 1.807) is 4.90 Å². The summed E-state index contributed by atoms with van der Waals surface area (Å²) in [5.74, 6) is 0.213. The topological polar surface area (TPSA) is 46.6 Å². The monoisotopic (exact) mass is 269 g/mol. The molecule has 4 heteroatoms. The SMILES string of the molecule is CCCCCOC(=O)N1C(C)(C)CC(=O)CC1(C)C. The highest BCUT2D eigenvalue weighted by Crippen LogP contribution is 2.37. The van der Waals surface area contributed by atoms with E-state index >= 15 is 0 Å². The van der Waals surface area contributed by atoms with Gasteiger partial charge in [0.15, 0.2) is 0 Å². The lowest BCUT2D eigenvalue weighted by molar-refractivity contribution is -0.131. The van der Waals surface area contributed by atoms with Crippen LogP contribution >= 0.6 is 0 Å². The molecule has 110 valence electrons. The molecule has 1 heterocycles. The molecule has 1 amide bonds. The van der Waals surface area contributed by atoms with Crippen LogP contribution in [0.15, 0.2) is 0 Å². The fourth-order valence-electron chi connectivity index (χ4n) is 3.08. The number of carbonyl (C=O) groups excluding carboxylic acids is 2. The molecule has 0 saturated carbocycles. The Labute approximate surface area is 116 Å². The number of ketones is 1. The first kappa shape index (κ1) is 16.0. The Kier molecular flexibility index (Phi) is 4.99. The number of nitrogens with zero attached hydrogens (tertiary/aromatic N) is 1. The minimum Gasteiger partial charge on any atom is -0.449 e. The highest BCUT2D eigenvalue weighted by atomic mass is 16.6. The van der Waals surface area contributed by atoms with Crippen molar-refractivity contribution in [2.45, 2.75) is 77.8 Å². The number of hydrogen-bond acceptors (Lipinski definition) is 3. The summed E-state index contributed by atoms with van der Waals surface area (Å²) in [6, 6.07) is 0. The Morgan fingerprint density at radius 1 is 1.16 bits per heavy atom. The Bertz CT molecular complexity index is 327. The minimum absolute atomic E-state index is 0.213. The average molecular weight is 269 g/mol. The number of amides is 1. The zero-order valence-electron chi connectivity index (χ0n) is 12.9. The molecule has 1 fully saturated rings. The summed E-state index contributed by atoms with van der Waals surface area (Å²) in [6.07, 6.45) is 3.58. The van der Waals surface area contributed by atoms with Gasteiger partial charge in [-0.15, -0.1) is 0 Å². The van der Waals surface area contributed by atoms with Crippen molar-refractivity contribution in [3.05, 3.63) is 0 Å². The standard InChI is InChI=1S/C15H27NO3/c1-6-7-8-9-19-13(18)16-14(2,3)10-12(17)11-15(16,4)5/h6-11H2,1-5H3. The summed E-state index contributed by atoms with van der Waals surface area (Å²) in [4.78, 5) is 25.8. The van der Waals surface area contributed by atoms with Gasteiger partial charge >= 0.3 is 6.09 Å². The summed E-state index contributed by atoms with van der Waals surface area (Å²) in [5, 5.41) is 0. The Hall–Kier alpha value is -1.06. The van der Waals surface area contributed by atoms with Crippen LogP contribution in [0.5, 0.6) is 0 Å². The number of rotatable bonds is 4. The zero-order valence-corrected chi connectivity index (χ0v) is 12.9. The number of Topliss-reactive ketones (excluding diaryl/α,β-unsaturated/α-hetero) is 1. The van der Waals surface area contributed by atoms with Gasteiger partial charge in [0, 0.05) is 23.9 Å². The van der Waals surface area contributed by atoms with E-state index in [1.165, 1.54) is 0 Å². The zero-order chi connectivity index (χ0) is 14.7. The number of piperidine rings is 1. The van der Waals surface area contributed by atoms with Gasteiger partial charge in [-0.05, 0) is 34.1 Å². The second kappa shape index (κ2) is 5.93. The molecule has 1 aliphatic heterocycles. The van der Waals surface area contributed by atoms with Gasteiger partial charge in [-0.1, -0.05) is 19.8 Å². The highest BCUT2D eigenvalue weighted by molar-refractivity contribution is 5.84. The first-order valence-corrected chi connectivity index (χ1v) is 7.19. The van der Waals surface area contributed by atoms with Gasteiger partial charge in [-0.25, -0.2) is 4.79 Å². The molecule has 1 rings (SSSR count). The van der Waals surface area contributed by atoms with Crippen LogP contribution in [-0.4, -0.2) is 34.5 Å². The van der Waals surface area contributed by atoms with Crippen molar-refractivity contribution in [1.82, 2.24) is 4.90 Å². The van der Waals surface area contributed by atoms with Crippen LogP contribution < -0.4 is 0 Å². The number of hydrogen-bond donors (Lipinski definition) is 0. The van der Waals surface area contributed by atoms with Crippen LogP contribution in [-0.2, 0) is 9.53 Å². The molecule has 0 bridgehead atoms. The first-order chi connectivity index (χ1) is 8.70. The summed E-state index contributed by atoms with van der Waals surface area (Å²) in [5.41, 5.74) is -0.943. The molecule has 1 aliphatic rings. The summed E-state index contributed by atoms with van der Waals surface area (Å²) >= 11 is 0. The lowest BCUT2D eigenvalue weighted by Gasteiger charge is -2.51. The Balaban J connectivity index is 2.71. The molecule has 0 aromatic rings. The molecular weight excluding hydrogens is 242 g/mol. The molecule has 0 radical (unpaired) electrons. The molecule has 0 aromatic heterocycles. The van der Waals surface area contributed by atoms with E-state index in [4.69, 9.17) is 4.74 Å². The van der Waals surface area contributed by atoms with Crippen molar-refractivity contribution in [1.29, 1.82) is 0 Å². The molecule has 0 spiro atoms. The maximum atomic E-state index is 12.3. The van der Waals surface area contributed by atoms with Crippen LogP contribution in [0.2, 0.25) is 0 Å². The summed E-state index contributed by atoms with van der Waals surface area (Å²) in [7, 11) is 0. The van der Waals surface area contributed by atoms with E-state index in [2.05, 4.69) is 6.92 Å². The van der Waals surface area contributed by atoms with Gasteiger partial charge < -0.3 is 4.74 Å². The molecular formula is C15H27NO3. The molecule has 4 nitrogen and oxygen atoms in total. The number of ether oxygens (including phenoxy) is 1. The third-order valence-corrected chi connectivity index (χ3v) is 3.63. The normalized spacial score (nSPS) is 21.3. The van der Waals surface area contributed by atoms with Crippen LogP contribution in [0.1, 0.15) is 66.7 Å². The Morgan fingerprint density at radius 2 is 1.68 bits per heavy atom. The second-order valence-corrected chi connectivity index (χ2v) is 6.67. The molecule has 0 aromatic carbocycles. The van der Waals surface area contributed by atoms with Gasteiger partial charge in [0.1, 0.15) is 5.78 Å². The number of carbonyl (C=O) groups is 2. The summed E-state index contributed by atoms with van der Waals surface area (Å²) < 4.78 is 5.37. The van der Waals surface area contributed by atoms with Crippen LogP contribution in [0.25, 0.3) is 0 Å². The van der Waals surface area contributed by atoms with E-state index in [1.807, 2.05) is 27.7 Å². The molecule has 0 atom stereocenters. The van der Waals surface area contributed by atoms with Crippen molar-refractivity contribution in [2.24, 2.45) is 0 Å². The van der Waals surface area contributed by atoms with Gasteiger partial charge in [0.2, 0.25) is 0 Å². The van der Waals surface area contributed by atoms with E-state index in [-0.39, 0.29) is 11.9 Å².